The maximum atomic E-state index is 14.0. The number of methoxy groups -OCH3 is 1. The van der Waals surface area contributed by atoms with Crippen molar-refractivity contribution >= 4 is 17.4 Å². The molecule has 2 heterocycles. The normalized spacial score (nSPS) is 15.8. The molecule has 7 nitrogen and oxygen atoms in total. The van der Waals surface area contributed by atoms with Gasteiger partial charge in [0.2, 0.25) is 0 Å². The van der Waals surface area contributed by atoms with Crippen LogP contribution in [-0.4, -0.2) is 53.3 Å². The quantitative estimate of drug-likeness (QED) is 0.484. The van der Waals surface area contributed by atoms with E-state index in [0.29, 0.717) is 6.07 Å². The average molecular weight is 501 g/mol. The Morgan fingerprint density at radius 2 is 1.86 bits per heavy atom. The molecule has 12 heteroatoms. The van der Waals surface area contributed by atoms with Crippen LogP contribution in [0.15, 0.2) is 23.9 Å². The highest BCUT2D eigenvalue weighted by Crippen LogP contribution is 2.44. The van der Waals surface area contributed by atoms with Gasteiger partial charge in [-0.05, 0) is 32.0 Å². The molecule has 0 radical (unpaired) electrons. The van der Waals surface area contributed by atoms with Crippen molar-refractivity contribution in [3.8, 4) is 0 Å². The number of fused-ring (bicyclic) bond motifs is 1. The van der Waals surface area contributed by atoms with Crippen molar-refractivity contribution in [3.05, 3.63) is 58.0 Å². The van der Waals surface area contributed by atoms with Crippen LogP contribution in [0.4, 0.5) is 22.0 Å². The van der Waals surface area contributed by atoms with Crippen molar-refractivity contribution in [2.24, 2.45) is 0 Å². The summed E-state index contributed by atoms with van der Waals surface area (Å²) in [4.78, 5) is 27.7. The van der Waals surface area contributed by atoms with E-state index in [1.54, 1.807) is 13.8 Å². The summed E-state index contributed by atoms with van der Waals surface area (Å²) in [5.41, 5.74) is -4.21. The molecule has 1 aliphatic rings. The number of aromatic nitrogens is 2. The first-order valence-corrected chi connectivity index (χ1v) is 10.6. The molecule has 1 aromatic heterocycles. The van der Waals surface area contributed by atoms with Gasteiger partial charge in [-0.3, -0.25) is 9.89 Å². The second kappa shape index (κ2) is 9.40. The Labute approximate surface area is 197 Å². The maximum absolute atomic E-state index is 14.0. The van der Waals surface area contributed by atoms with Gasteiger partial charge in [0.1, 0.15) is 0 Å². The summed E-state index contributed by atoms with van der Waals surface area (Å²) in [6.07, 6.45) is -5.64. The van der Waals surface area contributed by atoms with E-state index in [4.69, 9.17) is 9.47 Å². The third-order valence-corrected chi connectivity index (χ3v) is 5.37. The second-order valence-electron chi connectivity index (χ2n) is 8.93. The number of halogens is 5. The van der Waals surface area contributed by atoms with Gasteiger partial charge >= 0.3 is 12.1 Å². The van der Waals surface area contributed by atoms with E-state index in [0.717, 1.165) is 17.0 Å². The number of hydrogen-bond acceptors (Lipinski definition) is 5. The highest BCUT2D eigenvalue weighted by molar-refractivity contribution is 6.19. The van der Waals surface area contributed by atoms with Gasteiger partial charge in [-0.15, -0.1) is 0 Å². The van der Waals surface area contributed by atoms with Gasteiger partial charge in [0.25, 0.3) is 5.91 Å². The number of nitrogens with one attached hydrogen (secondary N) is 1. The van der Waals surface area contributed by atoms with Crippen molar-refractivity contribution in [2.45, 2.75) is 45.4 Å². The fourth-order valence-corrected chi connectivity index (χ4v) is 3.89. The smallest absolute Gasteiger partial charge is 0.435 e. The number of carbonyl (C=O) groups excluding carboxylic acids is 2. The van der Waals surface area contributed by atoms with Gasteiger partial charge in [0.15, 0.2) is 17.3 Å². The van der Waals surface area contributed by atoms with Crippen LogP contribution >= 0.6 is 0 Å². The van der Waals surface area contributed by atoms with Crippen LogP contribution in [0.3, 0.4) is 0 Å². The monoisotopic (exact) mass is 501 g/mol. The van der Waals surface area contributed by atoms with Crippen molar-refractivity contribution in [1.82, 2.24) is 15.1 Å². The van der Waals surface area contributed by atoms with Crippen LogP contribution in [0.1, 0.15) is 55.0 Å². The van der Waals surface area contributed by atoms with Crippen molar-refractivity contribution in [2.75, 3.05) is 20.3 Å². The molecular weight excluding hydrogens is 477 g/mol. The molecule has 35 heavy (non-hydrogen) atoms. The molecule has 0 aliphatic carbocycles. The fraction of sp³-hybridized carbons (Fsp3) is 0.435. The summed E-state index contributed by atoms with van der Waals surface area (Å²) in [7, 11) is 1.23. The highest BCUT2D eigenvalue weighted by Gasteiger charge is 2.47. The summed E-state index contributed by atoms with van der Waals surface area (Å²) in [6.45, 7) is 5.43. The molecule has 1 aromatic carbocycles. The van der Waals surface area contributed by atoms with Crippen LogP contribution in [-0.2, 0) is 25.9 Å². The summed E-state index contributed by atoms with van der Waals surface area (Å²) < 4.78 is 79.6. The zero-order chi connectivity index (χ0) is 26.3. The van der Waals surface area contributed by atoms with Crippen LogP contribution in [0, 0.1) is 11.6 Å². The number of H-pyrrole nitrogens is 1. The molecule has 0 bridgehead atoms. The third-order valence-electron chi connectivity index (χ3n) is 5.37. The van der Waals surface area contributed by atoms with Gasteiger partial charge in [-0.25, -0.2) is 13.6 Å². The first-order chi connectivity index (χ1) is 16.2. The first-order valence-electron chi connectivity index (χ1n) is 10.6. The first kappa shape index (κ1) is 26.3. The zero-order valence-electron chi connectivity index (χ0n) is 19.6. The third kappa shape index (κ3) is 5.07. The van der Waals surface area contributed by atoms with Gasteiger partial charge in [-0.2, -0.15) is 18.3 Å². The number of hydrogen-bond donors (Lipinski definition) is 1. The van der Waals surface area contributed by atoms with E-state index in [1.807, 2.05) is 0 Å². The van der Waals surface area contributed by atoms with E-state index in [9.17, 15) is 31.5 Å². The Balaban J connectivity index is 2.37. The molecule has 1 N–H and O–H groups in total. The van der Waals surface area contributed by atoms with E-state index in [1.165, 1.54) is 21.0 Å². The molecule has 0 unspecified atom stereocenters. The Morgan fingerprint density at radius 3 is 2.40 bits per heavy atom. The Hall–Kier alpha value is -3.28. The predicted molar refractivity (Wildman–Crippen MR) is 114 cm³/mol. The Morgan fingerprint density at radius 1 is 1.20 bits per heavy atom. The van der Waals surface area contributed by atoms with Gasteiger partial charge in [0.05, 0.1) is 29.7 Å². The predicted octanol–water partition coefficient (Wildman–Crippen LogP) is 4.45. The maximum Gasteiger partial charge on any atom is 0.435 e. The minimum Gasteiger partial charge on any atom is -0.459 e. The number of alkyl halides is 3. The van der Waals surface area contributed by atoms with Crippen LogP contribution in [0.2, 0.25) is 0 Å². The standard InChI is InChI=1S/C23H24F5N3O4/c1-11(2)35-21(33)16-15(9-34-5)31(20(32)12-6-7-13(24)14(25)8-12)10-22(3,4)18-17(16)19(30-29-18)23(26,27)28/h6-8,11H,9-10H2,1-5H3,(H,29,30). The average Bonchev–Trinajstić information content (AvgIpc) is 3.15. The van der Waals surface area contributed by atoms with Crippen molar-refractivity contribution in [3.63, 3.8) is 0 Å². The number of amides is 1. The summed E-state index contributed by atoms with van der Waals surface area (Å²) in [5, 5.41) is 5.81. The number of carbonyl (C=O) groups is 2. The lowest BCUT2D eigenvalue weighted by Gasteiger charge is -2.32. The molecule has 0 saturated carbocycles. The molecule has 1 aliphatic heterocycles. The zero-order valence-corrected chi connectivity index (χ0v) is 19.6. The molecule has 0 fully saturated rings. The number of rotatable bonds is 5. The minimum absolute atomic E-state index is 0.0466. The van der Waals surface area contributed by atoms with E-state index < -0.39 is 64.6 Å². The van der Waals surface area contributed by atoms with Gasteiger partial charge in [0, 0.05) is 30.2 Å². The molecule has 190 valence electrons. The summed E-state index contributed by atoms with van der Waals surface area (Å²) >= 11 is 0. The lowest BCUT2D eigenvalue weighted by molar-refractivity contribution is -0.142. The fourth-order valence-electron chi connectivity index (χ4n) is 3.89. The molecule has 0 spiro atoms. The molecule has 2 aromatic rings. The topological polar surface area (TPSA) is 84.5 Å². The van der Waals surface area contributed by atoms with Gasteiger partial charge in [-0.1, -0.05) is 13.8 Å². The Kier molecular flexibility index (Phi) is 7.07. The number of ether oxygens (including phenoxy) is 2. The molecule has 0 saturated heterocycles. The number of nitrogens with zero attached hydrogens (tertiary/aromatic N) is 2. The van der Waals surface area contributed by atoms with Crippen LogP contribution < -0.4 is 0 Å². The summed E-state index contributed by atoms with van der Waals surface area (Å²) in [5.74, 6) is -4.45. The molecule has 3 rings (SSSR count). The second-order valence-corrected chi connectivity index (χ2v) is 8.93. The molecular formula is C23H24F5N3O4. The van der Waals surface area contributed by atoms with Crippen molar-refractivity contribution < 1.29 is 41.0 Å². The lowest BCUT2D eigenvalue weighted by Crippen LogP contribution is -2.41. The lowest BCUT2D eigenvalue weighted by atomic mass is 9.85. The largest absolute Gasteiger partial charge is 0.459 e. The number of esters is 1. The van der Waals surface area contributed by atoms with Crippen LogP contribution in [0.5, 0.6) is 0 Å². The Bertz CT molecular complexity index is 1180. The number of benzene rings is 1. The van der Waals surface area contributed by atoms with Crippen LogP contribution in [0.25, 0.3) is 5.57 Å². The van der Waals surface area contributed by atoms with E-state index in [2.05, 4.69) is 10.2 Å². The van der Waals surface area contributed by atoms with E-state index >= 15 is 0 Å². The van der Waals surface area contributed by atoms with Gasteiger partial charge < -0.3 is 14.4 Å². The van der Waals surface area contributed by atoms with E-state index in [-0.39, 0.29) is 23.5 Å². The minimum atomic E-state index is -4.94. The highest BCUT2D eigenvalue weighted by atomic mass is 19.4. The SMILES string of the molecule is COCC1=C(C(=O)OC(C)C)c2c(C(F)(F)F)n[nH]c2C(C)(C)CN1C(=O)c1ccc(F)c(F)c1. The molecule has 0 atom stereocenters. The van der Waals surface area contributed by atoms with Crippen molar-refractivity contribution in [1.29, 1.82) is 0 Å². The summed E-state index contributed by atoms with van der Waals surface area (Å²) in [6, 6.07) is 2.47. The number of aromatic amines is 1. The molecule has 1 amide bonds.